The molecule has 0 spiro atoms. The summed E-state index contributed by atoms with van der Waals surface area (Å²) in [4.78, 5) is 0. The first kappa shape index (κ1) is 13.5. The fourth-order valence-corrected chi connectivity index (χ4v) is 7.38. The van der Waals surface area contributed by atoms with E-state index in [1.807, 2.05) is 0 Å². The van der Waals surface area contributed by atoms with Crippen LogP contribution >= 0.6 is 8.58 Å². The second-order valence-corrected chi connectivity index (χ2v) is 9.46. The van der Waals surface area contributed by atoms with Gasteiger partial charge in [-0.05, 0) is 26.7 Å². The molecule has 4 saturated heterocycles. The van der Waals surface area contributed by atoms with Gasteiger partial charge in [0.05, 0.1) is 10.7 Å². The molecule has 0 saturated carbocycles. The molecule has 0 radical (unpaired) electrons. The van der Waals surface area contributed by atoms with E-state index in [2.05, 4.69) is 52.0 Å². The molecule has 3 nitrogen and oxygen atoms in total. The van der Waals surface area contributed by atoms with Crippen LogP contribution in [0.15, 0.2) is 24.3 Å². The second-order valence-electron chi connectivity index (χ2n) is 7.31. The van der Waals surface area contributed by atoms with E-state index in [1.165, 1.54) is 0 Å². The highest BCUT2D eigenvalue weighted by atomic mass is 31.1. The van der Waals surface area contributed by atoms with Gasteiger partial charge in [0.2, 0.25) is 0 Å². The van der Waals surface area contributed by atoms with Crippen LogP contribution in [0.5, 0.6) is 0 Å². The summed E-state index contributed by atoms with van der Waals surface area (Å²) in [5, 5.41) is -0.213. The average molecular weight is 294 g/mol. The highest BCUT2D eigenvalue weighted by Crippen LogP contribution is 2.70. The van der Waals surface area contributed by atoms with Crippen molar-refractivity contribution in [1.29, 1.82) is 0 Å². The predicted octanol–water partition coefficient (Wildman–Crippen LogP) is 3.76. The Morgan fingerprint density at radius 1 is 1.00 bits per heavy atom. The standard InChI is InChI=1S/C16H23O3P/c1-11(12-7-5-6-8-12)16-10-14(3)17-13(2,19-16)9-15(4,18-14)20-16/h5-8,11-12,20H,9-10H2,1-4H3. The van der Waals surface area contributed by atoms with Crippen molar-refractivity contribution in [2.45, 2.75) is 62.8 Å². The van der Waals surface area contributed by atoms with Gasteiger partial charge in [0, 0.05) is 18.8 Å². The van der Waals surface area contributed by atoms with Crippen molar-refractivity contribution in [3.05, 3.63) is 24.3 Å². The highest BCUT2D eigenvalue weighted by molar-refractivity contribution is 7.41. The Bertz CT molecular complexity index is 446. The minimum atomic E-state index is -0.495. The first-order valence-corrected chi connectivity index (χ1v) is 8.50. The van der Waals surface area contributed by atoms with Crippen LogP contribution in [0.2, 0.25) is 0 Å². The number of rotatable bonds is 2. The van der Waals surface area contributed by atoms with Gasteiger partial charge in [0.1, 0.15) is 0 Å². The van der Waals surface area contributed by atoms with Crippen LogP contribution in [0.25, 0.3) is 0 Å². The van der Waals surface area contributed by atoms with Gasteiger partial charge in [-0.2, -0.15) is 0 Å². The summed E-state index contributed by atoms with van der Waals surface area (Å²) in [6.07, 6.45) is 10.5. The monoisotopic (exact) mass is 294 g/mol. The summed E-state index contributed by atoms with van der Waals surface area (Å²) in [6, 6.07) is 0. The Balaban J connectivity index is 1.74. The lowest BCUT2D eigenvalue weighted by atomic mass is 9.83. The van der Waals surface area contributed by atoms with Crippen molar-refractivity contribution in [2.75, 3.05) is 0 Å². The molecule has 110 valence electrons. The summed E-state index contributed by atoms with van der Waals surface area (Å²) in [5.74, 6) is -0.0756. The Labute approximate surface area is 122 Å². The molecule has 4 fully saturated rings. The molecule has 0 aromatic rings. The van der Waals surface area contributed by atoms with Crippen molar-refractivity contribution in [3.8, 4) is 0 Å². The van der Waals surface area contributed by atoms with Crippen LogP contribution in [0.4, 0.5) is 0 Å². The summed E-state index contributed by atoms with van der Waals surface area (Å²) >= 11 is 0. The number of allylic oxidation sites excluding steroid dienone is 4. The molecule has 5 aliphatic rings. The Morgan fingerprint density at radius 2 is 1.65 bits per heavy atom. The summed E-state index contributed by atoms with van der Waals surface area (Å²) in [5.41, 5.74) is 0. The summed E-state index contributed by atoms with van der Waals surface area (Å²) in [6.45, 7) is 8.71. The number of hydrogen-bond donors (Lipinski definition) is 0. The fraction of sp³-hybridized carbons (Fsp3) is 0.750. The van der Waals surface area contributed by atoms with Gasteiger partial charge in [-0.3, -0.25) is 0 Å². The van der Waals surface area contributed by atoms with Crippen molar-refractivity contribution < 1.29 is 14.2 Å². The van der Waals surface area contributed by atoms with Crippen LogP contribution < -0.4 is 0 Å². The van der Waals surface area contributed by atoms with Gasteiger partial charge >= 0.3 is 0 Å². The molecular weight excluding hydrogens is 271 g/mol. The lowest BCUT2D eigenvalue weighted by Gasteiger charge is -2.68. The van der Waals surface area contributed by atoms with E-state index >= 15 is 0 Å². The molecule has 4 bridgehead atoms. The maximum atomic E-state index is 6.55. The minimum Gasteiger partial charge on any atom is -0.339 e. The van der Waals surface area contributed by atoms with Gasteiger partial charge in [0.15, 0.2) is 11.6 Å². The first-order chi connectivity index (χ1) is 9.26. The molecule has 5 rings (SSSR count). The van der Waals surface area contributed by atoms with E-state index in [4.69, 9.17) is 14.2 Å². The van der Waals surface area contributed by atoms with E-state index in [1.54, 1.807) is 0 Å². The number of hydrogen-bond acceptors (Lipinski definition) is 3. The molecular formula is C16H23O3P. The smallest absolute Gasteiger partial charge is 0.173 e. The van der Waals surface area contributed by atoms with E-state index in [0.717, 1.165) is 12.8 Å². The molecule has 0 aromatic carbocycles. The third-order valence-corrected chi connectivity index (χ3v) is 7.04. The molecule has 20 heavy (non-hydrogen) atoms. The third kappa shape index (κ3) is 1.80. The van der Waals surface area contributed by atoms with Crippen molar-refractivity contribution in [1.82, 2.24) is 0 Å². The lowest BCUT2D eigenvalue weighted by molar-refractivity contribution is -0.473. The van der Waals surface area contributed by atoms with E-state index in [0.29, 0.717) is 20.4 Å². The Morgan fingerprint density at radius 3 is 2.25 bits per heavy atom. The molecule has 0 N–H and O–H groups in total. The fourth-order valence-electron chi connectivity index (χ4n) is 4.71. The zero-order valence-corrected chi connectivity index (χ0v) is 13.6. The molecule has 4 heterocycles. The maximum Gasteiger partial charge on any atom is 0.173 e. The van der Waals surface area contributed by atoms with E-state index < -0.39 is 11.6 Å². The van der Waals surface area contributed by atoms with Crippen molar-refractivity contribution in [3.63, 3.8) is 0 Å². The first-order valence-electron chi connectivity index (χ1n) is 7.50. The Kier molecular flexibility index (Phi) is 2.53. The SMILES string of the molecule is CC(C1C=CC=C1)C12CC3(C)OC(C)(CC(C)(O3)P1)O2. The zero-order valence-electron chi connectivity index (χ0n) is 12.6. The van der Waals surface area contributed by atoms with Crippen LogP contribution in [0.1, 0.15) is 40.5 Å². The third-order valence-electron chi connectivity index (χ3n) is 5.08. The van der Waals surface area contributed by atoms with Gasteiger partial charge in [0.25, 0.3) is 0 Å². The van der Waals surface area contributed by atoms with Gasteiger partial charge in [-0.15, -0.1) is 0 Å². The topological polar surface area (TPSA) is 27.7 Å². The van der Waals surface area contributed by atoms with Crippen molar-refractivity contribution >= 4 is 8.58 Å². The predicted molar refractivity (Wildman–Crippen MR) is 79.7 cm³/mol. The largest absolute Gasteiger partial charge is 0.339 e. The van der Waals surface area contributed by atoms with Crippen LogP contribution in [0, 0.1) is 11.8 Å². The van der Waals surface area contributed by atoms with Crippen LogP contribution in [-0.2, 0) is 14.2 Å². The lowest BCUT2D eigenvalue weighted by Crippen LogP contribution is -2.72. The van der Waals surface area contributed by atoms with Crippen molar-refractivity contribution in [2.24, 2.45) is 11.8 Å². The Hall–Kier alpha value is -0.210. The summed E-state index contributed by atoms with van der Waals surface area (Å²) < 4.78 is 18.9. The average Bonchev–Trinajstić information content (AvgIpc) is 2.73. The van der Waals surface area contributed by atoms with E-state index in [9.17, 15) is 0 Å². The molecule has 0 aromatic heterocycles. The minimum absolute atomic E-state index is 0.0987. The van der Waals surface area contributed by atoms with Gasteiger partial charge < -0.3 is 14.2 Å². The molecule has 6 atom stereocenters. The number of ether oxygens (including phenoxy) is 3. The molecule has 0 amide bonds. The quantitative estimate of drug-likeness (QED) is 0.726. The maximum absolute atomic E-state index is 6.55. The molecule has 6 unspecified atom stereocenters. The van der Waals surface area contributed by atoms with Crippen LogP contribution in [-0.4, -0.2) is 22.3 Å². The molecule has 4 aliphatic heterocycles. The molecule has 1 aliphatic carbocycles. The second kappa shape index (κ2) is 3.76. The van der Waals surface area contributed by atoms with E-state index in [-0.39, 0.29) is 10.7 Å². The molecule has 4 heteroatoms. The van der Waals surface area contributed by atoms with Crippen LogP contribution in [0.3, 0.4) is 0 Å². The van der Waals surface area contributed by atoms with Gasteiger partial charge in [-0.1, -0.05) is 39.8 Å². The summed E-state index contributed by atoms with van der Waals surface area (Å²) in [7, 11) is 0.669. The normalized spacial score (nSPS) is 56.0. The highest BCUT2D eigenvalue weighted by Gasteiger charge is 2.69. The van der Waals surface area contributed by atoms with Gasteiger partial charge in [-0.25, -0.2) is 0 Å². The zero-order chi connectivity index (χ0) is 14.2.